The zero-order valence-corrected chi connectivity index (χ0v) is 17.9. The summed E-state index contributed by atoms with van der Waals surface area (Å²) in [5.74, 6) is 1.18. The zero-order chi connectivity index (χ0) is 21.7. The Morgan fingerprint density at radius 3 is 2.39 bits per heavy atom. The molecule has 0 aliphatic rings. The van der Waals surface area contributed by atoms with Crippen LogP contribution >= 0.6 is 23.2 Å². The maximum Gasteiger partial charge on any atom is 0.137 e. The van der Waals surface area contributed by atoms with Crippen molar-refractivity contribution in [3.05, 3.63) is 113 Å². The van der Waals surface area contributed by atoms with Gasteiger partial charge in [-0.1, -0.05) is 65.7 Å². The Balaban J connectivity index is 1.65. The van der Waals surface area contributed by atoms with E-state index < -0.39 is 5.60 Å². The molecule has 0 radical (unpaired) electrons. The average Bonchev–Trinajstić information content (AvgIpc) is 3.27. The first-order valence-corrected chi connectivity index (χ1v) is 10.3. The van der Waals surface area contributed by atoms with Crippen LogP contribution in [0.5, 0.6) is 11.5 Å². The van der Waals surface area contributed by atoms with E-state index in [1.54, 1.807) is 59.5 Å². The van der Waals surface area contributed by atoms with Crippen molar-refractivity contribution in [1.29, 1.82) is 0 Å². The number of hydrogen-bond donors (Lipinski definition) is 1. The molecule has 5 nitrogen and oxygen atoms in total. The van der Waals surface area contributed by atoms with Crippen LogP contribution < -0.4 is 4.74 Å². The van der Waals surface area contributed by atoms with E-state index in [-0.39, 0.29) is 6.54 Å². The van der Waals surface area contributed by atoms with Gasteiger partial charge in [-0.2, -0.15) is 5.10 Å². The van der Waals surface area contributed by atoms with Gasteiger partial charge >= 0.3 is 0 Å². The lowest BCUT2D eigenvalue weighted by Gasteiger charge is -2.26. The highest BCUT2D eigenvalue weighted by Crippen LogP contribution is 2.35. The maximum absolute atomic E-state index is 11.6. The van der Waals surface area contributed by atoms with Crippen molar-refractivity contribution < 1.29 is 9.84 Å². The monoisotopic (exact) mass is 451 g/mol. The summed E-state index contributed by atoms with van der Waals surface area (Å²) in [7, 11) is 0. The third-order valence-electron chi connectivity index (χ3n) is 4.68. The van der Waals surface area contributed by atoms with Crippen molar-refractivity contribution in [2.75, 3.05) is 0 Å². The molecule has 0 fully saturated rings. The quantitative estimate of drug-likeness (QED) is 0.375. The third-order valence-corrected chi connectivity index (χ3v) is 5.24. The predicted molar refractivity (Wildman–Crippen MR) is 122 cm³/mol. The number of ether oxygens (including phenoxy) is 1. The molecule has 0 aliphatic heterocycles. The number of benzene rings is 3. The molecule has 7 heteroatoms. The van der Waals surface area contributed by atoms with Gasteiger partial charge in [0.05, 0.1) is 11.6 Å². The van der Waals surface area contributed by atoms with Crippen LogP contribution in [-0.2, 0) is 12.1 Å². The van der Waals surface area contributed by atoms with Gasteiger partial charge in [0.15, 0.2) is 0 Å². The molecule has 4 rings (SSSR count). The Hall–Kier alpha value is -3.12. The predicted octanol–water partition coefficient (Wildman–Crippen LogP) is 5.98. The van der Waals surface area contributed by atoms with Crippen molar-refractivity contribution >= 4 is 29.3 Å². The molecule has 1 atom stereocenters. The van der Waals surface area contributed by atoms with Crippen molar-refractivity contribution in [3.63, 3.8) is 0 Å². The van der Waals surface area contributed by atoms with Gasteiger partial charge in [-0.3, -0.25) is 0 Å². The standard InChI is InChI=1S/C24H19Cl2N3O2/c25-19-6-8-20(9-7-19)31-21-10-11-22(23(26)14-21)24(30,15-29-17-27-16-28-29)13-12-18-4-2-1-3-5-18/h1-14,16-17,30H,15H2/b13-12+. The van der Waals surface area contributed by atoms with Crippen LogP contribution in [0.15, 0.2) is 91.5 Å². The Bertz CT molecular complexity index is 1160. The van der Waals surface area contributed by atoms with Gasteiger partial charge in [0, 0.05) is 10.6 Å². The van der Waals surface area contributed by atoms with Gasteiger partial charge in [0.2, 0.25) is 0 Å². The number of aromatic nitrogens is 3. The Labute approximate surface area is 190 Å². The number of nitrogens with zero attached hydrogens (tertiary/aromatic N) is 3. The minimum Gasteiger partial charge on any atom is -0.457 e. The van der Waals surface area contributed by atoms with Gasteiger partial charge < -0.3 is 9.84 Å². The SMILES string of the molecule is OC(/C=C/c1ccccc1)(Cn1cncn1)c1ccc(Oc2ccc(Cl)cc2)cc1Cl. The number of aliphatic hydroxyl groups is 1. The first-order chi connectivity index (χ1) is 15.0. The van der Waals surface area contributed by atoms with Crippen LogP contribution in [0.25, 0.3) is 6.08 Å². The molecule has 1 unspecified atom stereocenters. The minimum atomic E-state index is -1.42. The lowest BCUT2D eigenvalue weighted by atomic mass is 9.92. The summed E-state index contributed by atoms with van der Waals surface area (Å²) in [6.07, 6.45) is 6.54. The molecule has 0 bridgehead atoms. The van der Waals surface area contributed by atoms with Gasteiger partial charge in [-0.15, -0.1) is 0 Å². The van der Waals surface area contributed by atoms with E-state index in [1.807, 2.05) is 36.4 Å². The summed E-state index contributed by atoms with van der Waals surface area (Å²) in [5.41, 5.74) is 0.0676. The van der Waals surface area contributed by atoms with Crippen LogP contribution in [0.4, 0.5) is 0 Å². The second kappa shape index (κ2) is 9.35. The summed E-state index contributed by atoms with van der Waals surface area (Å²) >= 11 is 12.5. The van der Waals surface area contributed by atoms with Gasteiger partial charge in [-0.25, -0.2) is 9.67 Å². The Kier molecular flexibility index (Phi) is 6.37. The number of hydrogen-bond acceptors (Lipinski definition) is 4. The fourth-order valence-electron chi connectivity index (χ4n) is 3.14. The van der Waals surface area contributed by atoms with Crippen molar-refractivity contribution in [2.24, 2.45) is 0 Å². The van der Waals surface area contributed by atoms with Crippen molar-refractivity contribution in [3.8, 4) is 11.5 Å². The van der Waals surface area contributed by atoms with Crippen LogP contribution in [0.1, 0.15) is 11.1 Å². The van der Waals surface area contributed by atoms with Crippen LogP contribution in [0, 0.1) is 0 Å². The van der Waals surface area contributed by atoms with E-state index in [4.69, 9.17) is 27.9 Å². The molecule has 1 aromatic heterocycles. The molecule has 1 heterocycles. The molecule has 156 valence electrons. The zero-order valence-electron chi connectivity index (χ0n) is 16.4. The van der Waals surface area contributed by atoms with E-state index in [9.17, 15) is 5.11 Å². The fraction of sp³-hybridized carbons (Fsp3) is 0.0833. The smallest absolute Gasteiger partial charge is 0.137 e. The molecule has 0 spiro atoms. The molecule has 0 saturated heterocycles. The van der Waals surface area contributed by atoms with E-state index in [0.29, 0.717) is 27.1 Å². The lowest BCUT2D eigenvalue weighted by Crippen LogP contribution is -2.30. The van der Waals surface area contributed by atoms with Crippen LogP contribution in [0.3, 0.4) is 0 Å². The summed E-state index contributed by atoms with van der Waals surface area (Å²) in [6, 6.07) is 22.0. The largest absolute Gasteiger partial charge is 0.457 e. The molecule has 31 heavy (non-hydrogen) atoms. The summed E-state index contributed by atoms with van der Waals surface area (Å²) < 4.78 is 7.41. The highest BCUT2D eigenvalue weighted by atomic mass is 35.5. The highest BCUT2D eigenvalue weighted by molar-refractivity contribution is 6.31. The molecule has 0 amide bonds. The average molecular weight is 452 g/mol. The number of rotatable bonds is 7. The van der Waals surface area contributed by atoms with Gasteiger partial charge in [0.1, 0.15) is 29.8 Å². The first-order valence-electron chi connectivity index (χ1n) is 9.54. The molecular formula is C24H19Cl2N3O2. The van der Waals surface area contributed by atoms with E-state index in [2.05, 4.69) is 10.1 Å². The van der Waals surface area contributed by atoms with E-state index in [0.717, 1.165) is 5.56 Å². The van der Waals surface area contributed by atoms with Gasteiger partial charge in [-0.05, 0) is 48.0 Å². The van der Waals surface area contributed by atoms with Crippen LogP contribution in [0.2, 0.25) is 10.0 Å². The third kappa shape index (κ3) is 5.33. The number of halogens is 2. The molecule has 3 aromatic carbocycles. The van der Waals surface area contributed by atoms with E-state index >= 15 is 0 Å². The summed E-state index contributed by atoms with van der Waals surface area (Å²) in [5, 5.41) is 16.7. The Morgan fingerprint density at radius 2 is 1.71 bits per heavy atom. The second-order valence-electron chi connectivity index (χ2n) is 6.96. The highest BCUT2D eigenvalue weighted by Gasteiger charge is 2.30. The molecule has 1 N–H and O–H groups in total. The minimum absolute atomic E-state index is 0.146. The van der Waals surface area contributed by atoms with Crippen molar-refractivity contribution in [2.45, 2.75) is 12.1 Å². The molecular weight excluding hydrogens is 433 g/mol. The topological polar surface area (TPSA) is 60.2 Å². The maximum atomic E-state index is 11.6. The molecule has 0 aliphatic carbocycles. The van der Waals surface area contributed by atoms with E-state index in [1.165, 1.54) is 6.33 Å². The van der Waals surface area contributed by atoms with Gasteiger partial charge in [0.25, 0.3) is 0 Å². The lowest BCUT2D eigenvalue weighted by molar-refractivity contribution is 0.0664. The first kappa shape index (κ1) is 21.1. The Morgan fingerprint density at radius 1 is 0.968 bits per heavy atom. The van der Waals surface area contributed by atoms with Crippen LogP contribution in [-0.4, -0.2) is 19.9 Å². The summed E-state index contributed by atoms with van der Waals surface area (Å²) in [6.45, 7) is 0.146. The second-order valence-corrected chi connectivity index (χ2v) is 7.80. The summed E-state index contributed by atoms with van der Waals surface area (Å²) in [4.78, 5) is 3.96. The molecule has 0 saturated carbocycles. The fourth-order valence-corrected chi connectivity index (χ4v) is 3.60. The normalized spacial score (nSPS) is 13.3. The molecule has 4 aromatic rings. The van der Waals surface area contributed by atoms with Crippen molar-refractivity contribution in [1.82, 2.24) is 14.8 Å².